The van der Waals surface area contributed by atoms with E-state index in [4.69, 9.17) is 4.74 Å². The fraction of sp³-hybridized carbons (Fsp3) is 1.00. The largest absolute Gasteiger partial charge is 0.363 e. The van der Waals surface area contributed by atoms with Crippen LogP contribution in [-0.2, 0) is 4.74 Å². The van der Waals surface area contributed by atoms with E-state index < -0.39 is 0 Å². The molecule has 0 aromatic carbocycles. The van der Waals surface area contributed by atoms with Gasteiger partial charge in [-0.15, -0.1) is 0 Å². The van der Waals surface area contributed by atoms with E-state index >= 15 is 0 Å². The lowest BCUT2D eigenvalue weighted by molar-refractivity contribution is -0.0757. The van der Waals surface area contributed by atoms with Gasteiger partial charge in [-0.2, -0.15) is 0 Å². The van der Waals surface area contributed by atoms with Gasteiger partial charge >= 0.3 is 16.5 Å². The second-order valence-corrected chi connectivity index (χ2v) is 4.86. The Hall–Kier alpha value is 0.452. The minimum Gasteiger partial charge on any atom is -0.363 e. The van der Waals surface area contributed by atoms with E-state index in [-0.39, 0.29) is 5.72 Å². The molecule has 0 atom stereocenters. The minimum absolute atomic E-state index is 0.227. The SMILES string of the molecule is [AlH2][N]1CCOC12CCCCC2. The van der Waals surface area contributed by atoms with E-state index in [2.05, 4.69) is 3.88 Å². The summed E-state index contributed by atoms with van der Waals surface area (Å²) in [4.78, 5) is 0. The van der Waals surface area contributed by atoms with Crippen molar-refractivity contribution in [2.24, 2.45) is 0 Å². The van der Waals surface area contributed by atoms with Crippen molar-refractivity contribution in [2.75, 3.05) is 13.2 Å². The molecule has 1 aliphatic heterocycles. The van der Waals surface area contributed by atoms with Crippen LogP contribution in [0.15, 0.2) is 0 Å². The molecule has 1 aliphatic carbocycles. The van der Waals surface area contributed by atoms with Crippen LogP contribution in [0.1, 0.15) is 32.1 Å². The average Bonchev–Trinajstić information content (AvgIpc) is 2.36. The van der Waals surface area contributed by atoms with Crippen LogP contribution < -0.4 is 0 Å². The zero-order valence-corrected chi connectivity index (χ0v) is 9.31. The van der Waals surface area contributed by atoms with Crippen molar-refractivity contribution in [3.05, 3.63) is 0 Å². The molecule has 1 heterocycles. The van der Waals surface area contributed by atoms with Crippen LogP contribution in [0.25, 0.3) is 0 Å². The summed E-state index contributed by atoms with van der Waals surface area (Å²) in [5, 5.41) is 0. The predicted molar refractivity (Wildman–Crippen MR) is 47.0 cm³/mol. The van der Waals surface area contributed by atoms with Crippen LogP contribution >= 0.6 is 0 Å². The molecule has 3 heteroatoms. The van der Waals surface area contributed by atoms with Gasteiger partial charge in [0.05, 0.1) is 6.61 Å². The van der Waals surface area contributed by atoms with Crippen LogP contribution in [-0.4, -0.2) is 39.3 Å². The topological polar surface area (TPSA) is 12.5 Å². The van der Waals surface area contributed by atoms with Crippen LogP contribution in [0.4, 0.5) is 0 Å². The van der Waals surface area contributed by atoms with Crippen molar-refractivity contribution in [3.63, 3.8) is 0 Å². The molecule has 1 saturated carbocycles. The first-order valence-electron chi connectivity index (χ1n) is 4.69. The molecule has 0 N–H and O–H groups in total. The predicted octanol–water partition coefficient (Wildman–Crippen LogP) is 0.527. The number of hydrogen-bond acceptors (Lipinski definition) is 2. The van der Waals surface area contributed by atoms with E-state index in [0.717, 1.165) is 6.61 Å². The smallest absolute Gasteiger partial charge is 0.325 e. The Morgan fingerprint density at radius 3 is 2.45 bits per heavy atom. The maximum atomic E-state index is 5.85. The Kier molecular flexibility index (Phi) is 2.25. The highest BCUT2D eigenvalue weighted by Gasteiger charge is 2.39. The molecule has 0 amide bonds. The first kappa shape index (κ1) is 8.07. The molecular weight excluding hydrogens is 153 g/mol. The molecule has 2 aliphatic rings. The monoisotopic (exact) mass is 169 g/mol. The summed E-state index contributed by atoms with van der Waals surface area (Å²) in [7, 11) is 0. The first-order valence-corrected chi connectivity index (χ1v) is 5.58. The van der Waals surface area contributed by atoms with E-state index in [1.54, 1.807) is 0 Å². The molecule has 0 unspecified atom stereocenters. The van der Waals surface area contributed by atoms with Gasteiger partial charge in [0.1, 0.15) is 5.72 Å². The zero-order valence-electron chi connectivity index (χ0n) is 7.31. The fourth-order valence-corrected chi connectivity index (χ4v) is 3.08. The third kappa shape index (κ3) is 1.36. The molecule has 0 bridgehead atoms. The number of nitrogens with zero attached hydrogens (tertiary/aromatic N) is 1. The maximum absolute atomic E-state index is 5.85. The molecule has 2 rings (SSSR count). The number of ether oxygens (including phenoxy) is 1. The van der Waals surface area contributed by atoms with Gasteiger partial charge in [-0.25, -0.2) is 0 Å². The highest BCUT2D eigenvalue weighted by molar-refractivity contribution is 6.05. The Morgan fingerprint density at radius 2 is 1.91 bits per heavy atom. The lowest BCUT2D eigenvalue weighted by atomic mass is 9.92. The average molecular weight is 169 g/mol. The van der Waals surface area contributed by atoms with Crippen LogP contribution in [0.3, 0.4) is 0 Å². The van der Waals surface area contributed by atoms with Crippen molar-refractivity contribution in [1.82, 2.24) is 3.88 Å². The van der Waals surface area contributed by atoms with E-state index in [0.29, 0.717) is 0 Å². The molecular formula is C8H16AlNO. The van der Waals surface area contributed by atoms with Crippen molar-refractivity contribution < 1.29 is 4.74 Å². The standard InChI is InChI=1S/C8H14NO.Al.2H/c1-2-4-8(5-3-1)9-6-7-10-8;;;/h1-7H2;;;/q-1;+1;;. The van der Waals surface area contributed by atoms with Gasteiger partial charge in [0.2, 0.25) is 0 Å². The Labute approximate surface area is 76.5 Å². The molecule has 62 valence electrons. The van der Waals surface area contributed by atoms with Crippen molar-refractivity contribution >= 4 is 16.5 Å². The summed E-state index contributed by atoms with van der Waals surface area (Å²) in [6.45, 7) is 2.16. The molecule has 0 aromatic rings. The second-order valence-electron chi connectivity index (χ2n) is 3.78. The minimum atomic E-state index is 0.227. The highest BCUT2D eigenvalue weighted by atomic mass is 27.1. The van der Waals surface area contributed by atoms with E-state index in [1.165, 1.54) is 55.2 Å². The van der Waals surface area contributed by atoms with Crippen LogP contribution in [0.5, 0.6) is 0 Å². The summed E-state index contributed by atoms with van der Waals surface area (Å²) < 4.78 is 8.39. The Morgan fingerprint density at radius 1 is 1.18 bits per heavy atom. The molecule has 1 spiro atoms. The van der Waals surface area contributed by atoms with Crippen molar-refractivity contribution in [3.8, 4) is 0 Å². The van der Waals surface area contributed by atoms with E-state index in [9.17, 15) is 0 Å². The summed E-state index contributed by atoms with van der Waals surface area (Å²) in [6, 6.07) is 0. The van der Waals surface area contributed by atoms with Gasteiger partial charge < -0.3 is 8.62 Å². The van der Waals surface area contributed by atoms with Gasteiger partial charge in [0.25, 0.3) is 0 Å². The molecule has 0 radical (unpaired) electrons. The van der Waals surface area contributed by atoms with Crippen LogP contribution in [0, 0.1) is 0 Å². The highest BCUT2D eigenvalue weighted by Crippen LogP contribution is 2.36. The lowest BCUT2D eigenvalue weighted by Gasteiger charge is -2.39. The van der Waals surface area contributed by atoms with E-state index in [1.807, 2.05) is 0 Å². The lowest BCUT2D eigenvalue weighted by Crippen LogP contribution is -2.44. The summed E-state index contributed by atoms with van der Waals surface area (Å²) in [6.07, 6.45) is 6.74. The van der Waals surface area contributed by atoms with Crippen molar-refractivity contribution in [2.45, 2.75) is 37.8 Å². The molecule has 0 aromatic heterocycles. The van der Waals surface area contributed by atoms with Gasteiger partial charge in [-0.1, -0.05) is 6.42 Å². The van der Waals surface area contributed by atoms with Crippen molar-refractivity contribution in [1.29, 1.82) is 0 Å². The first-order chi connectivity index (χ1) is 5.33. The van der Waals surface area contributed by atoms with Gasteiger partial charge in [0, 0.05) is 6.54 Å². The summed E-state index contributed by atoms with van der Waals surface area (Å²) in [5.41, 5.74) is 0.227. The number of rotatable bonds is 0. The number of hydrogen-bond donors (Lipinski definition) is 0. The molecule has 11 heavy (non-hydrogen) atoms. The third-order valence-electron chi connectivity index (χ3n) is 3.13. The quantitative estimate of drug-likeness (QED) is 0.490. The third-order valence-corrected chi connectivity index (χ3v) is 4.39. The Balaban J connectivity index is 2.06. The van der Waals surface area contributed by atoms with Gasteiger partial charge in [-0.05, 0) is 25.7 Å². The zero-order chi connectivity index (χ0) is 7.73. The van der Waals surface area contributed by atoms with Crippen LogP contribution in [0.2, 0.25) is 0 Å². The summed E-state index contributed by atoms with van der Waals surface area (Å²) >= 11 is 1.18. The summed E-state index contributed by atoms with van der Waals surface area (Å²) in [5.74, 6) is 0. The van der Waals surface area contributed by atoms with Gasteiger partial charge in [-0.3, -0.25) is 0 Å². The second kappa shape index (κ2) is 3.07. The molecule has 2 fully saturated rings. The fourth-order valence-electron chi connectivity index (χ4n) is 2.32. The molecule has 2 nitrogen and oxygen atoms in total. The maximum Gasteiger partial charge on any atom is 0.325 e. The normalized spacial score (nSPS) is 31.3. The van der Waals surface area contributed by atoms with Gasteiger partial charge in [0.15, 0.2) is 0 Å². The molecule has 1 saturated heterocycles. The Bertz CT molecular complexity index is 145.